The van der Waals surface area contributed by atoms with Crippen LogP contribution in [0.2, 0.25) is 0 Å². The van der Waals surface area contributed by atoms with Crippen LogP contribution >= 0.6 is 0 Å². The van der Waals surface area contributed by atoms with E-state index in [1.165, 1.54) is 11.0 Å². The molecule has 0 unspecified atom stereocenters. The lowest BCUT2D eigenvalue weighted by Crippen LogP contribution is -2.13. The summed E-state index contributed by atoms with van der Waals surface area (Å²) in [7, 11) is 1.71. The van der Waals surface area contributed by atoms with E-state index in [9.17, 15) is 0 Å². The summed E-state index contributed by atoms with van der Waals surface area (Å²) in [6, 6.07) is 0. The van der Waals surface area contributed by atoms with Gasteiger partial charge in [-0.15, -0.1) is 0 Å². The molecule has 0 bridgehead atoms. The van der Waals surface area contributed by atoms with E-state index >= 15 is 0 Å². The zero-order valence-electron chi connectivity index (χ0n) is 5.13. The van der Waals surface area contributed by atoms with E-state index in [0.717, 1.165) is 0 Å². The number of nitrogens with one attached hydrogen (secondary N) is 1. The monoisotopic (exact) mass is 127 g/mol. The highest BCUT2D eigenvalue weighted by molar-refractivity contribution is 5.57. The molecule has 9 heavy (non-hydrogen) atoms. The average molecular weight is 127 g/mol. The molecule has 0 saturated carbocycles. The molecule has 0 saturated heterocycles. The summed E-state index contributed by atoms with van der Waals surface area (Å²) < 4.78 is 0. The number of hydrogen-bond acceptors (Lipinski definition) is 4. The molecule has 50 valence electrons. The third kappa shape index (κ3) is 0.758. The molecule has 0 amide bonds. The number of nitrogens with zero attached hydrogens (tertiary/aromatic N) is 2. The van der Waals surface area contributed by atoms with Crippen molar-refractivity contribution in [2.75, 3.05) is 23.9 Å². The fourth-order valence-electron chi connectivity index (χ4n) is 0.549. The Kier molecular flexibility index (Phi) is 1.18. The number of aromatic nitrogens is 2. The third-order valence-electron chi connectivity index (χ3n) is 1.05. The molecule has 5 heteroatoms. The molecule has 1 heterocycles. The highest BCUT2D eigenvalue weighted by Gasteiger charge is 1.98. The molecule has 0 atom stereocenters. The molecular weight excluding hydrogens is 118 g/mol. The van der Waals surface area contributed by atoms with E-state index in [1.54, 1.807) is 7.05 Å². The Labute approximate surface area is 52.6 Å². The normalized spacial score (nSPS) is 9.44. The minimum atomic E-state index is 0.442. The molecule has 5 N–H and O–H groups in total. The Morgan fingerprint density at radius 1 is 1.67 bits per heavy atom. The van der Waals surface area contributed by atoms with Gasteiger partial charge in [-0.1, -0.05) is 0 Å². The van der Waals surface area contributed by atoms with Crippen LogP contribution in [0, 0.1) is 0 Å². The second-order valence-electron chi connectivity index (χ2n) is 1.62. The van der Waals surface area contributed by atoms with Gasteiger partial charge in [-0.25, -0.2) is 0 Å². The maximum absolute atomic E-state index is 5.43. The van der Waals surface area contributed by atoms with Crippen LogP contribution in [-0.2, 0) is 0 Å². The minimum Gasteiger partial charge on any atom is -0.394 e. The fourth-order valence-corrected chi connectivity index (χ4v) is 0.549. The van der Waals surface area contributed by atoms with E-state index in [1.807, 2.05) is 0 Å². The third-order valence-corrected chi connectivity index (χ3v) is 1.05. The molecule has 0 fully saturated rings. The first-order valence-electron chi connectivity index (χ1n) is 2.52. The van der Waals surface area contributed by atoms with Crippen LogP contribution in [0.5, 0.6) is 0 Å². The van der Waals surface area contributed by atoms with E-state index in [2.05, 4.69) is 10.5 Å². The molecule has 0 radical (unpaired) electrons. The quantitative estimate of drug-likeness (QED) is 0.462. The highest BCUT2D eigenvalue weighted by atomic mass is 15.6. The van der Waals surface area contributed by atoms with Gasteiger partial charge in [-0.3, -0.25) is 0 Å². The van der Waals surface area contributed by atoms with Crippen LogP contribution in [0.1, 0.15) is 0 Å². The van der Waals surface area contributed by atoms with Crippen LogP contribution in [0.3, 0.4) is 0 Å². The molecular formula is C4H9N5. The number of anilines is 2. The maximum Gasteiger partial charge on any atom is 0.168 e. The van der Waals surface area contributed by atoms with Crippen molar-refractivity contribution in [1.29, 1.82) is 0 Å². The van der Waals surface area contributed by atoms with Crippen molar-refractivity contribution in [1.82, 2.24) is 9.89 Å². The first-order chi connectivity index (χ1) is 4.25. The lowest BCUT2D eigenvalue weighted by Gasteiger charge is -1.99. The number of nitrogens with two attached hydrogens (primary N) is 2. The van der Waals surface area contributed by atoms with E-state index in [-0.39, 0.29) is 0 Å². The predicted octanol–water partition coefficient (Wildman–Crippen LogP) is -0.779. The lowest BCUT2D eigenvalue weighted by atomic mass is 10.5. The van der Waals surface area contributed by atoms with Crippen molar-refractivity contribution >= 4 is 11.5 Å². The SMILES string of the molecule is CNn1ncc(N)c1N. The van der Waals surface area contributed by atoms with Gasteiger partial charge >= 0.3 is 0 Å². The molecule has 1 aromatic rings. The van der Waals surface area contributed by atoms with Gasteiger partial charge in [-0.05, 0) is 0 Å². The molecule has 5 nitrogen and oxygen atoms in total. The fraction of sp³-hybridized carbons (Fsp3) is 0.250. The topological polar surface area (TPSA) is 81.9 Å². The zero-order chi connectivity index (χ0) is 6.85. The largest absolute Gasteiger partial charge is 0.394 e. The van der Waals surface area contributed by atoms with Gasteiger partial charge < -0.3 is 16.9 Å². The molecule has 0 aromatic carbocycles. The van der Waals surface area contributed by atoms with E-state index in [4.69, 9.17) is 11.5 Å². The van der Waals surface area contributed by atoms with Crippen molar-refractivity contribution in [2.24, 2.45) is 0 Å². The maximum atomic E-state index is 5.43. The summed E-state index contributed by atoms with van der Waals surface area (Å²) in [5.74, 6) is 0.442. The Morgan fingerprint density at radius 2 is 2.33 bits per heavy atom. The van der Waals surface area contributed by atoms with E-state index < -0.39 is 0 Å². The molecule has 1 aromatic heterocycles. The first-order valence-corrected chi connectivity index (χ1v) is 2.52. The van der Waals surface area contributed by atoms with Crippen molar-refractivity contribution in [3.8, 4) is 0 Å². The predicted molar refractivity (Wildman–Crippen MR) is 36.3 cm³/mol. The lowest BCUT2D eigenvalue weighted by molar-refractivity contribution is 0.793. The Hall–Kier alpha value is -1.39. The molecule has 0 aliphatic carbocycles. The van der Waals surface area contributed by atoms with Crippen LogP contribution in [0.25, 0.3) is 0 Å². The standard InChI is InChI=1S/C4H9N5/c1-7-9-4(6)3(5)2-8-9/h2,7H,5-6H2,1H3. The highest BCUT2D eigenvalue weighted by Crippen LogP contribution is 2.09. The van der Waals surface area contributed by atoms with Crippen LogP contribution in [-0.4, -0.2) is 16.9 Å². The smallest absolute Gasteiger partial charge is 0.168 e. The second kappa shape index (κ2) is 1.85. The van der Waals surface area contributed by atoms with Crippen molar-refractivity contribution in [3.05, 3.63) is 6.20 Å². The first kappa shape index (κ1) is 5.74. The van der Waals surface area contributed by atoms with Crippen LogP contribution in [0.15, 0.2) is 6.20 Å². The summed E-state index contributed by atoms with van der Waals surface area (Å²) >= 11 is 0. The van der Waals surface area contributed by atoms with Crippen molar-refractivity contribution in [2.45, 2.75) is 0 Å². The zero-order valence-corrected chi connectivity index (χ0v) is 5.13. The van der Waals surface area contributed by atoms with Gasteiger partial charge in [0.2, 0.25) is 0 Å². The Morgan fingerprint density at radius 3 is 2.56 bits per heavy atom. The van der Waals surface area contributed by atoms with Gasteiger partial charge in [0.15, 0.2) is 5.82 Å². The average Bonchev–Trinajstić information content (AvgIpc) is 2.15. The minimum absolute atomic E-state index is 0.442. The summed E-state index contributed by atoms with van der Waals surface area (Å²) in [5, 5.41) is 3.79. The molecule has 0 aliphatic rings. The summed E-state index contributed by atoms with van der Waals surface area (Å²) in [5.41, 5.74) is 14.0. The summed E-state index contributed by atoms with van der Waals surface area (Å²) in [6.45, 7) is 0. The number of hydrogen-bond donors (Lipinski definition) is 3. The Bertz CT molecular complexity index is 203. The van der Waals surface area contributed by atoms with E-state index in [0.29, 0.717) is 11.5 Å². The van der Waals surface area contributed by atoms with Crippen LogP contribution < -0.4 is 16.9 Å². The second-order valence-corrected chi connectivity index (χ2v) is 1.62. The number of nitrogen functional groups attached to an aromatic ring is 2. The van der Waals surface area contributed by atoms with Gasteiger partial charge in [-0.2, -0.15) is 9.89 Å². The van der Waals surface area contributed by atoms with Crippen LogP contribution in [0.4, 0.5) is 11.5 Å². The molecule has 0 aliphatic heterocycles. The van der Waals surface area contributed by atoms with Crippen molar-refractivity contribution < 1.29 is 0 Å². The van der Waals surface area contributed by atoms with Gasteiger partial charge in [0, 0.05) is 7.05 Å². The van der Waals surface area contributed by atoms with Crippen molar-refractivity contribution in [3.63, 3.8) is 0 Å². The number of rotatable bonds is 1. The van der Waals surface area contributed by atoms with Gasteiger partial charge in [0.25, 0.3) is 0 Å². The summed E-state index contributed by atoms with van der Waals surface area (Å²) in [4.78, 5) is 1.40. The van der Waals surface area contributed by atoms with Gasteiger partial charge in [0.1, 0.15) is 0 Å². The molecule has 0 spiro atoms. The Balaban J connectivity index is 3.04. The summed E-state index contributed by atoms with van der Waals surface area (Å²) in [6.07, 6.45) is 1.49. The van der Waals surface area contributed by atoms with Gasteiger partial charge in [0.05, 0.1) is 11.9 Å². The molecule has 1 rings (SSSR count).